The second-order valence-electron chi connectivity index (χ2n) is 5.53. The Morgan fingerprint density at radius 1 is 1.00 bits per heavy atom. The van der Waals surface area contributed by atoms with Crippen molar-refractivity contribution >= 4 is 0 Å². The first-order chi connectivity index (χ1) is 9.38. The molecule has 0 amide bonds. The summed E-state index contributed by atoms with van der Waals surface area (Å²) < 4.78 is 2.39. The Balaban J connectivity index is 2.04. The first-order valence-corrected chi connectivity index (χ1v) is 8.23. The van der Waals surface area contributed by atoms with Gasteiger partial charge < -0.3 is 0 Å². The summed E-state index contributed by atoms with van der Waals surface area (Å²) in [6, 6.07) is 0. The number of hydrogen-bond acceptors (Lipinski definition) is 0. The molecule has 1 aromatic heterocycles. The fourth-order valence-electron chi connectivity index (χ4n) is 2.50. The van der Waals surface area contributed by atoms with Crippen LogP contribution in [0.15, 0.2) is 12.4 Å². The number of aromatic amines is 1. The molecule has 1 N–H and O–H groups in total. The smallest absolute Gasteiger partial charge is 0.248 e. The van der Waals surface area contributed by atoms with Gasteiger partial charge in [-0.05, 0) is 12.8 Å². The van der Waals surface area contributed by atoms with E-state index >= 15 is 0 Å². The number of H-pyrrole nitrogens is 1. The molecule has 0 atom stereocenters. The van der Waals surface area contributed by atoms with Gasteiger partial charge in [-0.25, -0.2) is 9.55 Å². The highest BCUT2D eigenvalue weighted by molar-refractivity contribution is 4.77. The molecule has 1 radical (unpaired) electrons. The van der Waals surface area contributed by atoms with Crippen LogP contribution in [0.25, 0.3) is 0 Å². The third kappa shape index (κ3) is 7.39. The standard InChI is InChI=1S/C17H31N2/c1-3-5-7-8-9-10-11-12-13-17-18-14-16-19(17)15-6-4-2/h14,16H,1,3-13,15H2,2H3/p+1. The maximum absolute atomic E-state index is 3.89. The second kappa shape index (κ2) is 11.1. The van der Waals surface area contributed by atoms with Gasteiger partial charge in [0, 0.05) is 6.42 Å². The lowest BCUT2D eigenvalue weighted by atomic mass is 10.1. The topological polar surface area (TPSA) is 19.7 Å². The van der Waals surface area contributed by atoms with Crippen molar-refractivity contribution in [1.29, 1.82) is 0 Å². The van der Waals surface area contributed by atoms with Crippen LogP contribution < -0.4 is 4.57 Å². The largest absolute Gasteiger partial charge is 0.254 e. The van der Waals surface area contributed by atoms with Crippen LogP contribution in [0.1, 0.15) is 77.0 Å². The molecule has 0 aliphatic carbocycles. The molecule has 0 saturated heterocycles. The van der Waals surface area contributed by atoms with Crippen LogP contribution >= 0.6 is 0 Å². The molecule has 0 unspecified atom stereocenters. The number of rotatable bonds is 12. The van der Waals surface area contributed by atoms with Crippen molar-refractivity contribution in [3.63, 3.8) is 0 Å². The summed E-state index contributed by atoms with van der Waals surface area (Å²) in [5, 5.41) is 0. The van der Waals surface area contributed by atoms with Crippen LogP contribution in [0.2, 0.25) is 0 Å². The number of imidazole rings is 1. The third-order valence-electron chi connectivity index (χ3n) is 3.77. The van der Waals surface area contributed by atoms with Gasteiger partial charge in [-0.1, -0.05) is 65.2 Å². The minimum atomic E-state index is 1.10. The fraction of sp³-hybridized carbons (Fsp3) is 0.765. The quantitative estimate of drug-likeness (QED) is 0.420. The van der Waals surface area contributed by atoms with Crippen molar-refractivity contribution in [2.24, 2.45) is 0 Å². The van der Waals surface area contributed by atoms with E-state index in [9.17, 15) is 0 Å². The molecule has 2 heteroatoms. The highest BCUT2D eigenvalue weighted by atomic mass is 15.1. The predicted octanol–water partition coefficient (Wildman–Crippen LogP) is 4.60. The zero-order valence-electron chi connectivity index (χ0n) is 12.8. The normalized spacial score (nSPS) is 11.1. The number of unbranched alkanes of at least 4 members (excludes halogenated alkanes) is 8. The molecule has 109 valence electrons. The Morgan fingerprint density at radius 3 is 2.37 bits per heavy atom. The number of aromatic nitrogens is 2. The highest BCUT2D eigenvalue weighted by Crippen LogP contribution is 2.09. The molecule has 2 nitrogen and oxygen atoms in total. The van der Waals surface area contributed by atoms with E-state index in [0.717, 1.165) is 6.42 Å². The molecule has 1 aromatic rings. The summed E-state index contributed by atoms with van der Waals surface area (Å²) >= 11 is 0. The Kier molecular flexibility index (Phi) is 9.48. The molecule has 0 bridgehead atoms. The molecule has 0 aliphatic heterocycles. The molecule has 0 aromatic carbocycles. The Morgan fingerprint density at radius 2 is 1.68 bits per heavy atom. The van der Waals surface area contributed by atoms with Gasteiger partial charge in [0.05, 0.1) is 6.54 Å². The minimum absolute atomic E-state index is 1.10. The minimum Gasteiger partial charge on any atom is -0.248 e. The van der Waals surface area contributed by atoms with E-state index in [1.54, 1.807) is 0 Å². The zero-order chi connectivity index (χ0) is 13.8. The lowest BCUT2D eigenvalue weighted by Gasteiger charge is -2.02. The molecule has 0 saturated carbocycles. The highest BCUT2D eigenvalue weighted by Gasteiger charge is 2.08. The number of nitrogens with one attached hydrogen (secondary N) is 1. The van der Waals surface area contributed by atoms with Crippen molar-refractivity contribution in [3.05, 3.63) is 25.1 Å². The molecule has 0 spiro atoms. The van der Waals surface area contributed by atoms with Gasteiger partial charge in [0.1, 0.15) is 12.4 Å². The lowest BCUT2D eigenvalue weighted by molar-refractivity contribution is -0.703. The first-order valence-electron chi connectivity index (χ1n) is 8.23. The fourth-order valence-corrected chi connectivity index (χ4v) is 2.50. The molecular weight excluding hydrogens is 232 g/mol. The van der Waals surface area contributed by atoms with Crippen LogP contribution in [-0.4, -0.2) is 4.98 Å². The van der Waals surface area contributed by atoms with Gasteiger partial charge in [0.25, 0.3) is 5.82 Å². The average molecular weight is 264 g/mol. The van der Waals surface area contributed by atoms with E-state index in [1.807, 2.05) is 0 Å². The predicted molar refractivity (Wildman–Crippen MR) is 81.9 cm³/mol. The van der Waals surface area contributed by atoms with Crippen LogP contribution in [0.4, 0.5) is 0 Å². The van der Waals surface area contributed by atoms with E-state index in [0.29, 0.717) is 0 Å². The Hall–Kier alpha value is -0.790. The van der Waals surface area contributed by atoms with Gasteiger partial charge in [0.15, 0.2) is 0 Å². The number of hydrogen-bond donors (Lipinski definition) is 1. The summed E-state index contributed by atoms with van der Waals surface area (Å²) in [6.07, 6.45) is 18.7. The summed E-state index contributed by atoms with van der Waals surface area (Å²) in [7, 11) is 0. The van der Waals surface area contributed by atoms with Crippen LogP contribution in [0.3, 0.4) is 0 Å². The molecule has 0 fully saturated rings. The Labute approximate surface area is 119 Å². The van der Waals surface area contributed by atoms with Gasteiger partial charge >= 0.3 is 0 Å². The van der Waals surface area contributed by atoms with Gasteiger partial charge in [0.2, 0.25) is 0 Å². The second-order valence-corrected chi connectivity index (χ2v) is 5.53. The van der Waals surface area contributed by atoms with Crippen LogP contribution in [-0.2, 0) is 13.0 Å². The maximum Gasteiger partial charge on any atom is 0.254 e. The zero-order valence-corrected chi connectivity index (χ0v) is 12.8. The van der Waals surface area contributed by atoms with Crippen LogP contribution in [0, 0.1) is 6.92 Å². The van der Waals surface area contributed by atoms with E-state index in [1.165, 1.54) is 76.6 Å². The number of nitrogens with zero attached hydrogens (tertiary/aromatic N) is 1. The SMILES string of the molecule is [CH2]CCCCCCCCCc1[nH]cc[n+]1CCCC. The average Bonchev–Trinajstić information content (AvgIpc) is 2.87. The molecule has 19 heavy (non-hydrogen) atoms. The summed E-state index contributed by atoms with van der Waals surface area (Å²) in [6.45, 7) is 7.30. The van der Waals surface area contributed by atoms with Gasteiger partial charge in [-0.2, -0.15) is 0 Å². The molecular formula is C17H32N2+. The maximum atomic E-state index is 3.89. The van der Waals surface area contributed by atoms with Crippen molar-refractivity contribution in [3.8, 4) is 0 Å². The first kappa shape index (κ1) is 16.3. The summed E-state index contributed by atoms with van der Waals surface area (Å²) in [5.41, 5.74) is 0. The van der Waals surface area contributed by atoms with E-state index < -0.39 is 0 Å². The summed E-state index contributed by atoms with van der Waals surface area (Å²) in [4.78, 5) is 3.39. The van der Waals surface area contributed by atoms with E-state index in [4.69, 9.17) is 0 Å². The Bertz CT molecular complexity index is 304. The third-order valence-corrected chi connectivity index (χ3v) is 3.77. The van der Waals surface area contributed by atoms with E-state index in [-0.39, 0.29) is 0 Å². The van der Waals surface area contributed by atoms with Crippen molar-refractivity contribution in [2.75, 3.05) is 0 Å². The van der Waals surface area contributed by atoms with Crippen LogP contribution in [0.5, 0.6) is 0 Å². The monoisotopic (exact) mass is 264 g/mol. The summed E-state index contributed by atoms with van der Waals surface area (Å²) in [5.74, 6) is 1.41. The van der Waals surface area contributed by atoms with Gasteiger partial charge in [-0.15, -0.1) is 0 Å². The molecule has 1 rings (SSSR count). The van der Waals surface area contributed by atoms with E-state index in [2.05, 4.69) is 35.8 Å². The number of aryl methyl sites for hydroxylation is 2. The van der Waals surface area contributed by atoms with Crippen molar-refractivity contribution in [1.82, 2.24) is 4.98 Å². The molecule has 1 heterocycles. The lowest BCUT2D eigenvalue weighted by Crippen LogP contribution is -2.35. The van der Waals surface area contributed by atoms with Crippen molar-refractivity contribution < 1.29 is 4.57 Å². The molecule has 0 aliphatic rings. The van der Waals surface area contributed by atoms with Crippen molar-refractivity contribution in [2.45, 2.75) is 84.1 Å². The van der Waals surface area contributed by atoms with Gasteiger partial charge in [-0.3, -0.25) is 0 Å².